The van der Waals surface area contributed by atoms with Gasteiger partial charge in [-0.05, 0) is 24.3 Å². The lowest BCUT2D eigenvalue weighted by Crippen LogP contribution is -2.38. The molecule has 28 heavy (non-hydrogen) atoms. The van der Waals surface area contributed by atoms with E-state index in [0.29, 0.717) is 18.5 Å². The molecule has 3 aromatic rings. The van der Waals surface area contributed by atoms with Crippen LogP contribution in [-0.2, 0) is 17.7 Å². The standard InChI is InChI=1S/C22H26N4O2/c27-22(18-6-2-1-3-7-18)23-11-10-21-24-19-8-4-5-9-20(19)26(21)13-12-25-14-16-28-17-15-25/h1-9H,10-17H2,(H,23,27). The van der Waals surface area contributed by atoms with Gasteiger partial charge in [0, 0.05) is 44.7 Å². The molecule has 1 saturated heterocycles. The van der Waals surface area contributed by atoms with Gasteiger partial charge in [-0.2, -0.15) is 0 Å². The lowest BCUT2D eigenvalue weighted by atomic mass is 10.2. The van der Waals surface area contributed by atoms with E-state index in [1.165, 1.54) is 0 Å². The number of benzene rings is 2. The van der Waals surface area contributed by atoms with Crippen molar-refractivity contribution in [2.24, 2.45) is 0 Å². The first-order valence-corrected chi connectivity index (χ1v) is 9.89. The molecular formula is C22H26N4O2. The van der Waals surface area contributed by atoms with Crippen molar-refractivity contribution >= 4 is 16.9 Å². The van der Waals surface area contributed by atoms with Gasteiger partial charge in [-0.3, -0.25) is 9.69 Å². The molecule has 1 N–H and O–H groups in total. The molecular weight excluding hydrogens is 352 g/mol. The number of hydrogen-bond donors (Lipinski definition) is 1. The van der Waals surface area contributed by atoms with E-state index in [4.69, 9.17) is 9.72 Å². The van der Waals surface area contributed by atoms with Crippen LogP contribution in [0.3, 0.4) is 0 Å². The largest absolute Gasteiger partial charge is 0.379 e. The summed E-state index contributed by atoms with van der Waals surface area (Å²) in [6.07, 6.45) is 0.705. The van der Waals surface area contributed by atoms with Crippen LogP contribution in [0, 0.1) is 0 Å². The van der Waals surface area contributed by atoms with Gasteiger partial charge in [0.15, 0.2) is 0 Å². The molecule has 2 aromatic carbocycles. The van der Waals surface area contributed by atoms with E-state index in [2.05, 4.69) is 26.9 Å². The van der Waals surface area contributed by atoms with Crippen molar-refractivity contribution < 1.29 is 9.53 Å². The summed E-state index contributed by atoms with van der Waals surface area (Å²) in [4.78, 5) is 19.5. The van der Waals surface area contributed by atoms with E-state index in [9.17, 15) is 4.79 Å². The summed E-state index contributed by atoms with van der Waals surface area (Å²) in [5.74, 6) is 0.972. The number of fused-ring (bicyclic) bond motifs is 1. The molecule has 146 valence electrons. The molecule has 0 spiro atoms. The molecule has 0 atom stereocenters. The Balaban J connectivity index is 1.42. The van der Waals surface area contributed by atoms with E-state index >= 15 is 0 Å². The molecule has 0 saturated carbocycles. The maximum Gasteiger partial charge on any atom is 0.251 e. The van der Waals surface area contributed by atoms with Crippen LogP contribution >= 0.6 is 0 Å². The van der Waals surface area contributed by atoms with Crippen molar-refractivity contribution in [3.05, 3.63) is 66.0 Å². The van der Waals surface area contributed by atoms with Crippen LogP contribution in [0.2, 0.25) is 0 Å². The molecule has 1 aliphatic rings. The lowest BCUT2D eigenvalue weighted by molar-refractivity contribution is 0.0364. The van der Waals surface area contributed by atoms with Gasteiger partial charge in [-0.25, -0.2) is 4.98 Å². The van der Waals surface area contributed by atoms with Crippen molar-refractivity contribution in [2.45, 2.75) is 13.0 Å². The average molecular weight is 378 g/mol. The van der Waals surface area contributed by atoms with E-state index in [-0.39, 0.29) is 5.91 Å². The van der Waals surface area contributed by atoms with Crippen molar-refractivity contribution in [1.82, 2.24) is 19.8 Å². The highest BCUT2D eigenvalue weighted by Gasteiger charge is 2.14. The number of nitrogens with zero attached hydrogens (tertiary/aromatic N) is 3. The third kappa shape index (κ3) is 4.40. The molecule has 4 rings (SSSR count). The van der Waals surface area contributed by atoms with Crippen molar-refractivity contribution in [1.29, 1.82) is 0 Å². The lowest BCUT2D eigenvalue weighted by Gasteiger charge is -2.27. The van der Waals surface area contributed by atoms with Gasteiger partial charge in [0.25, 0.3) is 5.91 Å². The number of nitrogens with one attached hydrogen (secondary N) is 1. The molecule has 2 heterocycles. The molecule has 0 unspecified atom stereocenters. The van der Waals surface area contributed by atoms with Gasteiger partial charge in [0.05, 0.1) is 24.2 Å². The van der Waals surface area contributed by atoms with E-state index in [1.54, 1.807) is 0 Å². The van der Waals surface area contributed by atoms with Crippen molar-refractivity contribution in [3.63, 3.8) is 0 Å². The first-order chi connectivity index (χ1) is 13.8. The van der Waals surface area contributed by atoms with Gasteiger partial charge >= 0.3 is 0 Å². The van der Waals surface area contributed by atoms with E-state index in [0.717, 1.165) is 56.3 Å². The summed E-state index contributed by atoms with van der Waals surface area (Å²) in [6, 6.07) is 17.5. The summed E-state index contributed by atoms with van der Waals surface area (Å²) < 4.78 is 7.73. The molecule has 6 nitrogen and oxygen atoms in total. The molecule has 0 radical (unpaired) electrons. The summed E-state index contributed by atoms with van der Waals surface area (Å²) in [5, 5.41) is 3.01. The summed E-state index contributed by atoms with van der Waals surface area (Å²) >= 11 is 0. The van der Waals surface area contributed by atoms with Crippen LogP contribution in [0.25, 0.3) is 11.0 Å². The first-order valence-electron chi connectivity index (χ1n) is 9.89. The van der Waals surface area contributed by atoms with Crippen LogP contribution < -0.4 is 5.32 Å². The van der Waals surface area contributed by atoms with Gasteiger partial charge in [-0.15, -0.1) is 0 Å². The first kappa shape index (κ1) is 18.7. The Labute approximate surface area is 165 Å². The maximum atomic E-state index is 12.3. The Hall–Kier alpha value is -2.70. The summed E-state index contributed by atoms with van der Waals surface area (Å²) in [5.41, 5.74) is 2.84. The van der Waals surface area contributed by atoms with Crippen LogP contribution in [0.15, 0.2) is 54.6 Å². The number of aromatic nitrogens is 2. The maximum absolute atomic E-state index is 12.3. The van der Waals surface area contributed by atoms with Gasteiger partial charge in [0.1, 0.15) is 5.82 Å². The molecule has 0 aliphatic carbocycles. The highest BCUT2D eigenvalue weighted by Crippen LogP contribution is 2.16. The van der Waals surface area contributed by atoms with E-state index in [1.807, 2.05) is 42.5 Å². The van der Waals surface area contributed by atoms with Crippen molar-refractivity contribution in [2.75, 3.05) is 39.4 Å². The molecule has 1 aromatic heterocycles. The fourth-order valence-corrected chi connectivity index (χ4v) is 3.61. The minimum atomic E-state index is -0.0448. The SMILES string of the molecule is O=C(NCCc1nc2ccccc2n1CCN1CCOCC1)c1ccccc1. The van der Waals surface area contributed by atoms with Gasteiger partial charge in [0.2, 0.25) is 0 Å². The third-order valence-electron chi connectivity index (χ3n) is 5.15. The predicted octanol–water partition coefficient (Wildman–Crippen LogP) is 2.34. The third-order valence-corrected chi connectivity index (χ3v) is 5.15. The predicted molar refractivity (Wildman–Crippen MR) is 109 cm³/mol. The van der Waals surface area contributed by atoms with Crippen molar-refractivity contribution in [3.8, 4) is 0 Å². The van der Waals surface area contributed by atoms with Crippen LogP contribution in [0.4, 0.5) is 0 Å². The number of morpholine rings is 1. The second-order valence-corrected chi connectivity index (χ2v) is 6.99. The number of carbonyl (C=O) groups is 1. The Morgan fingerprint density at radius 1 is 1.00 bits per heavy atom. The number of ether oxygens (including phenoxy) is 1. The Morgan fingerprint density at radius 3 is 2.57 bits per heavy atom. The van der Waals surface area contributed by atoms with Crippen LogP contribution in [-0.4, -0.2) is 59.8 Å². The van der Waals surface area contributed by atoms with Gasteiger partial charge < -0.3 is 14.6 Å². The second kappa shape index (κ2) is 8.99. The molecule has 6 heteroatoms. The fraction of sp³-hybridized carbons (Fsp3) is 0.364. The minimum absolute atomic E-state index is 0.0448. The minimum Gasteiger partial charge on any atom is -0.379 e. The number of carbonyl (C=O) groups excluding carboxylic acids is 1. The zero-order valence-corrected chi connectivity index (χ0v) is 16.0. The van der Waals surface area contributed by atoms with Crippen LogP contribution in [0.1, 0.15) is 16.2 Å². The molecule has 1 fully saturated rings. The van der Waals surface area contributed by atoms with Crippen LogP contribution in [0.5, 0.6) is 0 Å². The highest BCUT2D eigenvalue weighted by atomic mass is 16.5. The Morgan fingerprint density at radius 2 is 1.75 bits per heavy atom. The Kier molecular flexibility index (Phi) is 5.99. The number of amides is 1. The topological polar surface area (TPSA) is 59.4 Å². The zero-order valence-electron chi connectivity index (χ0n) is 16.0. The monoisotopic (exact) mass is 378 g/mol. The van der Waals surface area contributed by atoms with Gasteiger partial charge in [-0.1, -0.05) is 30.3 Å². The molecule has 1 aliphatic heterocycles. The number of para-hydroxylation sites is 2. The Bertz CT molecular complexity index is 917. The molecule has 1 amide bonds. The summed E-state index contributed by atoms with van der Waals surface area (Å²) in [6.45, 7) is 6.01. The normalized spacial score (nSPS) is 15.0. The summed E-state index contributed by atoms with van der Waals surface area (Å²) in [7, 11) is 0. The molecule has 0 bridgehead atoms. The van der Waals surface area contributed by atoms with E-state index < -0.39 is 0 Å². The quantitative estimate of drug-likeness (QED) is 0.686. The zero-order chi connectivity index (χ0) is 19.2. The fourth-order valence-electron chi connectivity index (χ4n) is 3.61. The average Bonchev–Trinajstić information content (AvgIpc) is 3.11. The smallest absolute Gasteiger partial charge is 0.251 e. The number of imidazole rings is 1. The second-order valence-electron chi connectivity index (χ2n) is 6.99. The number of hydrogen-bond acceptors (Lipinski definition) is 4. The number of rotatable bonds is 7. The highest BCUT2D eigenvalue weighted by molar-refractivity contribution is 5.94.